The summed E-state index contributed by atoms with van der Waals surface area (Å²) in [7, 11) is 1.65. The van der Waals surface area contributed by atoms with Gasteiger partial charge in [-0.15, -0.1) is 24.0 Å². The molecular weight excluding hydrogens is 483 g/mol. The Kier molecular flexibility index (Phi) is 15.2. The highest BCUT2D eigenvalue weighted by Gasteiger charge is 2.06. The highest BCUT2D eigenvalue weighted by Crippen LogP contribution is 2.28. The van der Waals surface area contributed by atoms with Crippen LogP contribution in [0.3, 0.4) is 0 Å². The number of nitrogens with one attached hydrogen (secondary N) is 3. The minimum atomic E-state index is 0. The third kappa shape index (κ3) is 11.8. The van der Waals surface area contributed by atoms with Gasteiger partial charge in [-0.05, 0) is 58.2 Å². The molecule has 0 spiro atoms. The molecule has 29 heavy (non-hydrogen) atoms. The van der Waals surface area contributed by atoms with Crippen LogP contribution in [-0.4, -0.2) is 51.3 Å². The van der Waals surface area contributed by atoms with Crippen molar-refractivity contribution in [2.45, 2.75) is 53.0 Å². The van der Waals surface area contributed by atoms with Crippen LogP contribution >= 0.6 is 24.0 Å². The van der Waals surface area contributed by atoms with Crippen LogP contribution < -0.4 is 25.4 Å². The predicted molar refractivity (Wildman–Crippen MR) is 130 cm³/mol. The number of halogens is 1. The molecule has 1 aromatic carbocycles. The number of amides is 1. The first-order valence-electron chi connectivity index (χ1n) is 10.1. The number of benzene rings is 1. The van der Waals surface area contributed by atoms with E-state index in [1.807, 2.05) is 39.8 Å². The second-order valence-electron chi connectivity index (χ2n) is 6.68. The number of aliphatic imine (C=N–C) groups is 1. The monoisotopic (exact) mass is 520 g/mol. The molecule has 0 saturated heterocycles. The molecule has 3 N–H and O–H groups in total. The summed E-state index contributed by atoms with van der Waals surface area (Å²) in [4.78, 5) is 16.3. The zero-order chi connectivity index (χ0) is 20.8. The lowest BCUT2D eigenvalue weighted by atomic mass is 10.1. The quantitative estimate of drug-likeness (QED) is 0.171. The van der Waals surface area contributed by atoms with Crippen molar-refractivity contribution in [3.8, 4) is 11.5 Å². The first-order valence-corrected chi connectivity index (χ1v) is 10.1. The molecule has 1 amide bonds. The van der Waals surface area contributed by atoms with Gasteiger partial charge in [-0.2, -0.15) is 0 Å². The normalized spacial score (nSPS) is 10.9. The molecule has 0 atom stereocenters. The highest BCUT2D eigenvalue weighted by molar-refractivity contribution is 14.0. The lowest BCUT2D eigenvalue weighted by Crippen LogP contribution is -2.40. The van der Waals surface area contributed by atoms with Crippen molar-refractivity contribution in [1.82, 2.24) is 16.0 Å². The maximum atomic E-state index is 11.7. The SMILES string of the molecule is CCNC(=NCCCc1ccc(OC)c(OCC)c1)NCCC(=O)NC(C)C.I. The Morgan fingerprint density at radius 3 is 2.55 bits per heavy atom. The number of hydrogen-bond acceptors (Lipinski definition) is 4. The van der Waals surface area contributed by atoms with E-state index in [0.29, 0.717) is 26.1 Å². The lowest BCUT2D eigenvalue weighted by molar-refractivity contribution is -0.121. The van der Waals surface area contributed by atoms with E-state index in [2.05, 4.69) is 27.0 Å². The van der Waals surface area contributed by atoms with Gasteiger partial charge >= 0.3 is 0 Å². The van der Waals surface area contributed by atoms with Crippen molar-refractivity contribution in [1.29, 1.82) is 0 Å². The summed E-state index contributed by atoms with van der Waals surface area (Å²) in [5.41, 5.74) is 1.20. The van der Waals surface area contributed by atoms with Crippen LogP contribution in [0.1, 0.15) is 46.1 Å². The highest BCUT2D eigenvalue weighted by atomic mass is 127. The average molecular weight is 520 g/mol. The van der Waals surface area contributed by atoms with Gasteiger partial charge in [0, 0.05) is 32.1 Å². The Morgan fingerprint density at radius 2 is 1.93 bits per heavy atom. The molecule has 0 heterocycles. The molecule has 7 nitrogen and oxygen atoms in total. The lowest BCUT2D eigenvalue weighted by Gasteiger charge is -2.13. The molecular formula is C21H37IN4O3. The third-order valence-corrected chi connectivity index (χ3v) is 3.86. The Bertz CT molecular complexity index is 624. The Morgan fingerprint density at radius 1 is 1.17 bits per heavy atom. The fourth-order valence-corrected chi connectivity index (χ4v) is 2.65. The van der Waals surface area contributed by atoms with Gasteiger partial charge in [0.05, 0.1) is 13.7 Å². The number of nitrogens with zero attached hydrogens (tertiary/aromatic N) is 1. The minimum absolute atomic E-state index is 0. The smallest absolute Gasteiger partial charge is 0.221 e. The molecule has 0 aromatic heterocycles. The van der Waals surface area contributed by atoms with Gasteiger partial charge in [-0.3, -0.25) is 9.79 Å². The van der Waals surface area contributed by atoms with Gasteiger partial charge in [0.2, 0.25) is 5.91 Å². The summed E-state index contributed by atoms with van der Waals surface area (Å²) in [6.07, 6.45) is 2.25. The van der Waals surface area contributed by atoms with Gasteiger partial charge in [-0.25, -0.2) is 0 Å². The van der Waals surface area contributed by atoms with E-state index < -0.39 is 0 Å². The van der Waals surface area contributed by atoms with Gasteiger partial charge < -0.3 is 25.4 Å². The van der Waals surface area contributed by atoms with Crippen molar-refractivity contribution < 1.29 is 14.3 Å². The molecule has 0 radical (unpaired) electrons. The summed E-state index contributed by atoms with van der Waals surface area (Å²) in [5, 5.41) is 9.30. The maximum absolute atomic E-state index is 11.7. The van der Waals surface area contributed by atoms with Crippen LogP contribution in [0.5, 0.6) is 11.5 Å². The summed E-state index contributed by atoms with van der Waals surface area (Å²) in [5.74, 6) is 2.32. The summed E-state index contributed by atoms with van der Waals surface area (Å²) >= 11 is 0. The number of methoxy groups -OCH3 is 1. The Labute approximate surface area is 192 Å². The molecule has 0 aliphatic heterocycles. The van der Waals surface area contributed by atoms with E-state index in [0.717, 1.165) is 36.8 Å². The number of ether oxygens (including phenoxy) is 2. The summed E-state index contributed by atoms with van der Waals surface area (Å²) in [6.45, 7) is 10.5. The van der Waals surface area contributed by atoms with Gasteiger partial charge in [0.1, 0.15) is 0 Å². The maximum Gasteiger partial charge on any atom is 0.221 e. The number of carbonyl (C=O) groups is 1. The van der Waals surface area contributed by atoms with E-state index in [1.165, 1.54) is 5.56 Å². The Balaban J connectivity index is 0.00000784. The van der Waals surface area contributed by atoms with Gasteiger partial charge in [0.15, 0.2) is 17.5 Å². The van der Waals surface area contributed by atoms with E-state index in [4.69, 9.17) is 9.47 Å². The van der Waals surface area contributed by atoms with E-state index in [-0.39, 0.29) is 35.9 Å². The molecule has 1 aromatic rings. The van der Waals surface area contributed by atoms with E-state index in [9.17, 15) is 4.79 Å². The zero-order valence-corrected chi connectivity index (χ0v) is 20.7. The third-order valence-electron chi connectivity index (χ3n) is 3.86. The average Bonchev–Trinajstić information content (AvgIpc) is 2.65. The number of rotatable bonds is 12. The second kappa shape index (κ2) is 16.1. The first kappa shape index (κ1) is 27.3. The minimum Gasteiger partial charge on any atom is -0.493 e. The van der Waals surface area contributed by atoms with Crippen LogP contribution in [0.2, 0.25) is 0 Å². The van der Waals surface area contributed by atoms with Crippen molar-refractivity contribution in [2.24, 2.45) is 4.99 Å². The molecule has 8 heteroatoms. The molecule has 166 valence electrons. The second-order valence-corrected chi connectivity index (χ2v) is 6.68. The van der Waals surface area contributed by atoms with Crippen LogP contribution in [0.15, 0.2) is 23.2 Å². The fraction of sp³-hybridized carbons (Fsp3) is 0.619. The first-order chi connectivity index (χ1) is 13.5. The standard InChI is InChI=1S/C21H36N4O3.HI/c1-6-22-21(24-14-12-20(26)25-16(3)4)23-13-8-9-17-10-11-18(27-5)19(15-17)28-7-2;/h10-11,15-16H,6-9,12-14H2,1-5H3,(H,25,26)(H2,22,23,24);1H. The molecule has 0 unspecified atom stereocenters. The van der Waals surface area contributed by atoms with Gasteiger partial charge in [0.25, 0.3) is 0 Å². The molecule has 0 fully saturated rings. The molecule has 0 saturated carbocycles. The predicted octanol–water partition coefficient (Wildman–Crippen LogP) is 3.11. The Hall–Kier alpha value is -1.71. The van der Waals surface area contributed by atoms with Crippen LogP contribution in [0.4, 0.5) is 0 Å². The van der Waals surface area contributed by atoms with Crippen LogP contribution in [0, 0.1) is 0 Å². The number of hydrogen-bond donors (Lipinski definition) is 3. The van der Waals surface area contributed by atoms with E-state index >= 15 is 0 Å². The number of aryl methyl sites for hydroxylation is 1. The zero-order valence-electron chi connectivity index (χ0n) is 18.3. The van der Waals surface area contributed by atoms with Crippen molar-refractivity contribution in [3.05, 3.63) is 23.8 Å². The van der Waals surface area contributed by atoms with E-state index in [1.54, 1.807) is 7.11 Å². The molecule has 0 aliphatic carbocycles. The number of guanidine groups is 1. The fourth-order valence-electron chi connectivity index (χ4n) is 2.65. The molecule has 1 rings (SSSR count). The summed E-state index contributed by atoms with van der Waals surface area (Å²) < 4.78 is 10.9. The molecule has 0 aliphatic rings. The number of carbonyl (C=O) groups excluding carboxylic acids is 1. The van der Waals surface area contributed by atoms with Crippen LogP contribution in [0.25, 0.3) is 0 Å². The van der Waals surface area contributed by atoms with Crippen LogP contribution in [-0.2, 0) is 11.2 Å². The van der Waals surface area contributed by atoms with Crippen molar-refractivity contribution in [2.75, 3.05) is 33.4 Å². The summed E-state index contributed by atoms with van der Waals surface area (Å²) in [6, 6.07) is 6.19. The van der Waals surface area contributed by atoms with Crippen molar-refractivity contribution in [3.63, 3.8) is 0 Å². The molecule has 0 bridgehead atoms. The van der Waals surface area contributed by atoms with Gasteiger partial charge in [-0.1, -0.05) is 6.07 Å². The van der Waals surface area contributed by atoms with Crippen molar-refractivity contribution >= 4 is 35.8 Å². The topological polar surface area (TPSA) is 84.0 Å². The largest absolute Gasteiger partial charge is 0.493 e.